The quantitative estimate of drug-likeness (QED) is 0.0523. The predicted molar refractivity (Wildman–Crippen MR) is 598 cm³/mol. The molecule has 0 unspecified atom stereocenters. The van der Waals surface area contributed by atoms with Gasteiger partial charge in [0.15, 0.2) is 0 Å². The van der Waals surface area contributed by atoms with E-state index < -0.39 is 0 Å². The van der Waals surface area contributed by atoms with Gasteiger partial charge < -0.3 is 37.3 Å². The maximum absolute atomic E-state index is 6.24. The van der Waals surface area contributed by atoms with Crippen LogP contribution in [0.1, 0.15) is 0 Å². The third kappa shape index (κ3) is 17.6. The molecule has 0 bridgehead atoms. The van der Waals surface area contributed by atoms with Crippen LogP contribution in [0.2, 0.25) is 0 Å². The fraction of sp³-hybridized carbons (Fsp3) is 0. The Morgan fingerprint density at radius 2 is 0.304 bits per heavy atom. The van der Waals surface area contributed by atoms with Gasteiger partial charge in [-0.1, -0.05) is 297 Å². The molecule has 4 heterocycles. The second-order valence-corrected chi connectivity index (χ2v) is 35.8. The Kier molecular flexibility index (Phi) is 24.0. The van der Waals surface area contributed by atoms with Gasteiger partial charge in [-0.2, -0.15) is 0 Å². The van der Waals surface area contributed by atoms with Crippen LogP contribution in [0.4, 0.5) is 68.2 Å². The van der Waals surface area contributed by atoms with Crippen LogP contribution in [0.15, 0.2) is 552 Å². The summed E-state index contributed by atoms with van der Waals surface area (Å²) in [5.74, 6) is 3.77. The van der Waals surface area contributed by atoms with Crippen LogP contribution in [0.3, 0.4) is 0 Å². The van der Waals surface area contributed by atoms with E-state index >= 15 is 0 Å². The Balaban J connectivity index is 0.000000154. The van der Waals surface area contributed by atoms with Gasteiger partial charge in [-0.05, 0) is 319 Å². The summed E-state index contributed by atoms with van der Waals surface area (Å²) in [7, 11) is 0. The van der Waals surface area contributed by atoms with Crippen LogP contribution in [-0.4, -0.2) is 40.8 Å². The molecule has 0 aliphatic carbocycles. The maximum Gasteiger partial charge on any atom is 0.248 e. The van der Waals surface area contributed by atoms with Crippen molar-refractivity contribution in [2.75, 3.05) is 19.6 Å². The number of hydrogen-bond donors (Lipinski definition) is 0. The summed E-state index contributed by atoms with van der Waals surface area (Å²) >= 11 is 0. The first-order chi connectivity index (χ1) is 73.4. The summed E-state index contributed by atoms with van der Waals surface area (Å²) in [6, 6.07) is 185. The SMILES string of the molecule is c1ccc(-c2nnc(-c3ccc(-c4c5ccccc5c(-c5ccc(-c6nnc(-c7ccccc7)o6)cc5)c5c(N(c6ccccc6)c6ccc(N(c7ccccc7)c7ccccc7)cc6)cccc45)cc3)o2)cc1.c1ccc(-c2nnc(-c3ccc(-c4c5ccccc5c(-c5ccc(-c6nnc(-c7ccccc7)o6)cc5)c5cc(N(c6ccccc6)c6ccc(N(c7ccccc7)c7ccccc7)cc6)ccc45)cc3)o2)cc1. The van der Waals surface area contributed by atoms with E-state index in [-0.39, 0.29) is 0 Å². The minimum absolute atomic E-state index is 0.457. The van der Waals surface area contributed by atoms with Gasteiger partial charge >= 0.3 is 0 Å². The van der Waals surface area contributed by atoms with Crippen LogP contribution in [0.25, 0.3) is 179 Å². The molecule has 0 N–H and O–H groups in total. The minimum atomic E-state index is 0.457. The number of para-hydroxylation sites is 6. The number of benzene rings is 22. The highest BCUT2D eigenvalue weighted by Crippen LogP contribution is 2.53. The number of hydrogen-bond acceptors (Lipinski definition) is 16. The van der Waals surface area contributed by atoms with E-state index in [9.17, 15) is 0 Å². The fourth-order valence-corrected chi connectivity index (χ4v) is 19.9. The maximum atomic E-state index is 6.24. The lowest BCUT2D eigenvalue weighted by atomic mass is 9.84. The fourth-order valence-electron chi connectivity index (χ4n) is 19.9. The Labute approximate surface area is 853 Å². The molecule has 700 valence electrons. The van der Waals surface area contributed by atoms with Crippen molar-refractivity contribution in [1.82, 2.24) is 40.8 Å². The molecule has 0 fully saturated rings. The highest BCUT2D eigenvalue weighted by atomic mass is 16.4. The van der Waals surface area contributed by atoms with Crippen molar-refractivity contribution in [3.05, 3.63) is 534 Å². The summed E-state index contributed by atoms with van der Waals surface area (Å²) in [6.45, 7) is 0. The number of aromatic nitrogens is 8. The first-order valence-corrected chi connectivity index (χ1v) is 49.1. The average molecular weight is 1910 g/mol. The Morgan fingerprint density at radius 3 is 0.588 bits per heavy atom. The monoisotopic (exact) mass is 1900 g/mol. The predicted octanol–water partition coefficient (Wildman–Crippen LogP) is 35.4. The van der Waals surface area contributed by atoms with Gasteiger partial charge in [0.1, 0.15) is 0 Å². The van der Waals surface area contributed by atoms with Gasteiger partial charge in [-0.25, -0.2) is 0 Å². The van der Waals surface area contributed by atoms with Crippen molar-refractivity contribution in [2.45, 2.75) is 0 Å². The second kappa shape index (κ2) is 40.0. The third-order valence-electron chi connectivity index (χ3n) is 26.8. The number of rotatable bonds is 24. The van der Waals surface area contributed by atoms with Crippen LogP contribution in [-0.2, 0) is 0 Å². The third-order valence-corrected chi connectivity index (χ3v) is 26.8. The molecule has 0 atom stereocenters. The lowest BCUT2D eigenvalue weighted by Crippen LogP contribution is -2.12. The molecule has 148 heavy (non-hydrogen) atoms. The molecule has 0 radical (unpaired) electrons. The second-order valence-electron chi connectivity index (χ2n) is 35.8. The number of fused-ring (bicyclic) bond motifs is 4. The Bertz CT molecular complexity index is 8920. The normalized spacial score (nSPS) is 11.2. The van der Waals surface area contributed by atoms with Gasteiger partial charge in [0, 0.05) is 112 Å². The number of anilines is 12. The molecule has 0 saturated heterocycles. The van der Waals surface area contributed by atoms with E-state index in [2.05, 4.69) is 473 Å². The molecule has 0 aliphatic heterocycles. The van der Waals surface area contributed by atoms with Gasteiger partial charge in [-0.15, -0.1) is 40.8 Å². The molecule has 22 aromatic carbocycles. The molecule has 16 nitrogen and oxygen atoms in total. The molecule has 16 heteroatoms. The van der Waals surface area contributed by atoms with E-state index in [4.69, 9.17) is 17.7 Å². The Morgan fingerprint density at radius 1 is 0.122 bits per heavy atom. The van der Waals surface area contributed by atoms with Crippen LogP contribution in [0, 0.1) is 0 Å². The highest BCUT2D eigenvalue weighted by molar-refractivity contribution is 6.26. The zero-order valence-corrected chi connectivity index (χ0v) is 79.8. The molecule has 0 amide bonds. The molecule has 26 rings (SSSR count). The summed E-state index contributed by atoms with van der Waals surface area (Å²) in [4.78, 5) is 9.29. The summed E-state index contributed by atoms with van der Waals surface area (Å²) in [6.07, 6.45) is 0. The summed E-state index contributed by atoms with van der Waals surface area (Å²) < 4.78 is 24.9. The molecule has 0 aliphatic rings. The lowest BCUT2D eigenvalue weighted by Gasteiger charge is -2.30. The van der Waals surface area contributed by atoms with Crippen molar-refractivity contribution < 1.29 is 17.7 Å². The lowest BCUT2D eigenvalue weighted by molar-refractivity contribution is 0.584. The highest BCUT2D eigenvalue weighted by Gasteiger charge is 2.29. The molecular formula is C132H88N12O4. The van der Waals surface area contributed by atoms with E-state index in [1.807, 2.05) is 121 Å². The zero-order valence-electron chi connectivity index (χ0n) is 79.8. The van der Waals surface area contributed by atoms with Gasteiger partial charge in [-0.3, -0.25) is 0 Å². The first kappa shape index (κ1) is 89.0. The van der Waals surface area contributed by atoms with E-state index in [1.54, 1.807) is 0 Å². The van der Waals surface area contributed by atoms with E-state index in [0.717, 1.165) is 200 Å². The van der Waals surface area contributed by atoms with Gasteiger partial charge in [0.25, 0.3) is 0 Å². The van der Waals surface area contributed by atoms with Crippen LogP contribution >= 0.6 is 0 Å². The molecule has 26 aromatic rings. The Hall–Kier alpha value is -20.4. The molecule has 4 aromatic heterocycles. The van der Waals surface area contributed by atoms with Crippen molar-refractivity contribution >= 4 is 111 Å². The van der Waals surface area contributed by atoms with Crippen molar-refractivity contribution in [2.24, 2.45) is 0 Å². The van der Waals surface area contributed by atoms with Gasteiger partial charge in [0.05, 0.1) is 5.69 Å². The summed E-state index contributed by atoms with van der Waals surface area (Å²) in [5, 5.41) is 44.2. The standard InChI is InChI=1S/2C66H44N6O2/c1-6-19-47(20-7-1)63-67-69-65(73-63)49-37-33-45(34-38-49)60-56-29-16-17-30-57(56)61(46-35-39-50(40-36-46)66-70-68-64(74-66)48-21-8-2-9-22-48)62-58(60)31-18-32-59(62)72(53-27-14-5-15-28-53)55-43-41-54(42-44-55)71(51-23-10-3-11-24-51)52-25-12-4-13-26-52;1-6-18-47(19-7-1)63-67-69-65(73-63)49-34-30-45(31-35-49)61-57-28-16-17-29-58(57)62(46-32-36-50(37-33-46)66-70-68-64(74-66)48-20-8-2-9-21-48)60-44-56(42-43-59(60)61)72(53-26-14-5-15-27-53)55-40-38-54(39-41-55)71(51-22-10-3-11-23-51)52-24-12-4-13-25-52/h2*1-44H. The average Bonchev–Trinajstić information content (AvgIpc) is 0.837. The number of nitrogens with zero attached hydrogens (tertiary/aromatic N) is 12. The molecular weight excluding hydrogens is 1820 g/mol. The van der Waals surface area contributed by atoms with Crippen LogP contribution < -0.4 is 19.6 Å². The topological polar surface area (TPSA) is 169 Å². The first-order valence-electron chi connectivity index (χ1n) is 49.1. The van der Waals surface area contributed by atoms with Crippen molar-refractivity contribution in [1.29, 1.82) is 0 Å². The van der Waals surface area contributed by atoms with E-state index in [1.165, 1.54) is 0 Å². The van der Waals surface area contributed by atoms with Gasteiger partial charge in [0.2, 0.25) is 47.1 Å². The smallest absolute Gasteiger partial charge is 0.248 e. The largest absolute Gasteiger partial charge is 0.416 e. The summed E-state index contributed by atoms with van der Waals surface area (Å²) in [5.41, 5.74) is 28.1. The molecule has 0 saturated carbocycles. The van der Waals surface area contributed by atoms with Crippen molar-refractivity contribution in [3.8, 4) is 136 Å². The minimum Gasteiger partial charge on any atom is -0.416 e. The van der Waals surface area contributed by atoms with Crippen LogP contribution in [0.5, 0.6) is 0 Å². The molecule has 0 spiro atoms. The zero-order chi connectivity index (χ0) is 98.4. The van der Waals surface area contributed by atoms with Crippen molar-refractivity contribution in [3.63, 3.8) is 0 Å². The van der Waals surface area contributed by atoms with E-state index in [0.29, 0.717) is 47.1 Å².